The molecule has 28 heavy (non-hydrogen) atoms. The van der Waals surface area contributed by atoms with Crippen LogP contribution in [0.3, 0.4) is 0 Å². The Morgan fingerprint density at radius 1 is 1.04 bits per heavy atom. The summed E-state index contributed by atoms with van der Waals surface area (Å²) in [6.45, 7) is 0.553. The molecule has 142 valence electrons. The fourth-order valence-electron chi connectivity index (χ4n) is 3.37. The largest absolute Gasteiger partial charge is 0.327 e. The van der Waals surface area contributed by atoms with Crippen molar-refractivity contribution in [1.29, 1.82) is 0 Å². The molecule has 4 rings (SSSR count). The molecular formula is C20H20N6O2. The van der Waals surface area contributed by atoms with Crippen LogP contribution in [0, 0.1) is 0 Å². The zero-order valence-electron chi connectivity index (χ0n) is 15.2. The van der Waals surface area contributed by atoms with Crippen LogP contribution in [0.25, 0.3) is 5.69 Å². The maximum Gasteiger partial charge on any atom is 0.256 e. The summed E-state index contributed by atoms with van der Waals surface area (Å²) in [4.78, 5) is 27.3. The zero-order valence-corrected chi connectivity index (χ0v) is 15.2. The van der Waals surface area contributed by atoms with E-state index in [4.69, 9.17) is 0 Å². The third kappa shape index (κ3) is 3.75. The Morgan fingerprint density at radius 2 is 1.89 bits per heavy atom. The number of carbonyl (C=O) groups excluding carboxylic acids is 2. The average molecular weight is 376 g/mol. The number of benzene rings is 1. The van der Waals surface area contributed by atoms with E-state index in [1.54, 1.807) is 21.8 Å². The van der Waals surface area contributed by atoms with Gasteiger partial charge in [-0.2, -0.15) is 15.3 Å². The van der Waals surface area contributed by atoms with Crippen LogP contribution >= 0.6 is 0 Å². The molecule has 1 saturated heterocycles. The Labute approximate surface area is 162 Å². The zero-order chi connectivity index (χ0) is 19.3. The van der Waals surface area contributed by atoms with E-state index in [2.05, 4.69) is 20.6 Å². The summed E-state index contributed by atoms with van der Waals surface area (Å²) in [6.07, 6.45) is 8.91. The normalized spacial score (nSPS) is 16.6. The summed E-state index contributed by atoms with van der Waals surface area (Å²) < 4.78 is 1.75. The van der Waals surface area contributed by atoms with E-state index < -0.39 is 6.04 Å². The number of amides is 2. The average Bonchev–Trinajstić information content (AvgIpc) is 3.29. The number of nitrogens with zero attached hydrogens (tertiary/aromatic N) is 5. The molecule has 0 aliphatic carbocycles. The first kappa shape index (κ1) is 17.8. The van der Waals surface area contributed by atoms with Gasteiger partial charge in [0.15, 0.2) is 0 Å². The highest BCUT2D eigenvalue weighted by Crippen LogP contribution is 2.21. The molecule has 1 unspecified atom stereocenters. The molecule has 0 radical (unpaired) electrons. The molecule has 1 aliphatic rings. The first-order valence-electron chi connectivity index (χ1n) is 9.21. The van der Waals surface area contributed by atoms with Gasteiger partial charge >= 0.3 is 0 Å². The molecular weight excluding hydrogens is 356 g/mol. The number of anilines is 1. The summed E-state index contributed by atoms with van der Waals surface area (Å²) in [5, 5.41) is 14.6. The molecule has 0 spiro atoms. The quantitative estimate of drug-likeness (QED) is 0.754. The van der Waals surface area contributed by atoms with Crippen LogP contribution in [0.2, 0.25) is 0 Å². The summed E-state index contributed by atoms with van der Waals surface area (Å²) in [5.41, 5.74) is 2.03. The molecule has 1 aliphatic heterocycles. The number of carbonyl (C=O) groups is 2. The van der Waals surface area contributed by atoms with Crippen molar-refractivity contribution in [3.8, 4) is 5.69 Å². The highest BCUT2D eigenvalue weighted by molar-refractivity contribution is 6.01. The molecule has 1 atom stereocenters. The van der Waals surface area contributed by atoms with Gasteiger partial charge in [0.25, 0.3) is 5.91 Å². The van der Waals surface area contributed by atoms with Crippen LogP contribution < -0.4 is 5.32 Å². The van der Waals surface area contributed by atoms with Crippen molar-refractivity contribution in [3.05, 3.63) is 66.7 Å². The van der Waals surface area contributed by atoms with Gasteiger partial charge in [-0.3, -0.25) is 9.59 Å². The Kier molecular flexibility index (Phi) is 5.09. The summed E-state index contributed by atoms with van der Waals surface area (Å²) in [7, 11) is 0. The van der Waals surface area contributed by atoms with E-state index in [9.17, 15) is 9.59 Å². The lowest BCUT2D eigenvalue weighted by atomic mass is 10.00. The number of rotatable bonds is 4. The van der Waals surface area contributed by atoms with Crippen LogP contribution in [-0.4, -0.2) is 49.3 Å². The molecule has 2 amide bonds. The second kappa shape index (κ2) is 7.99. The Hall–Kier alpha value is -3.55. The minimum Gasteiger partial charge on any atom is -0.327 e. The van der Waals surface area contributed by atoms with Crippen molar-refractivity contribution in [1.82, 2.24) is 24.9 Å². The minimum atomic E-state index is -0.500. The molecule has 1 fully saturated rings. The van der Waals surface area contributed by atoms with Crippen molar-refractivity contribution in [2.75, 3.05) is 11.9 Å². The second-order valence-electron chi connectivity index (χ2n) is 6.63. The topological polar surface area (TPSA) is 93.0 Å². The predicted molar refractivity (Wildman–Crippen MR) is 103 cm³/mol. The van der Waals surface area contributed by atoms with Gasteiger partial charge in [0.2, 0.25) is 5.91 Å². The standard InChI is InChI=1S/C20H20N6O2/c27-19(24-16-5-7-17(8-6-16)26-13-3-10-23-26)18-4-1-2-12-25(18)20(28)15-9-11-21-22-14-15/h3,5-11,13-14,18H,1-2,4,12H2,(H,24,27). The van der Waals surface area contributed by atoms with Gasteiger partial charge in [-0.05, 0) is 55.7 Å². The number of nitrogens with one attached hydrogen (secondary N) is 1. The first-order valence-corrected chi connectivity index (χ1v) is 9.21. The monoisotopic (exact) mass is 376 g/mol. The molecule has 8 heteroatoms. The minimum absolute atomic E-state index is 0.179. The van der Waals surface area contributed by atoms with Crippen molar-refractivity contribution in [2.45, 2.75) is 25.3 Å². The van der Waals surface area contributed by atoms with Crippen molar-refractivity contribution < 1.29 is 9.59 Å². The van der Waals surface area contributed by atoms with Crippen molar-refractivity contribution in [3.63, 3.8) is 0 Å². The lowest BCUT2D eigenvalue weighted by Crippen LogP contribution is -2.50. The number of piperidine rings is 1. The molecule has 1 aromatic carbocycles. The third-order valence-electron chi connectivity index (χ3n) is 4.80. The molecule has 2 aromatic heterocycles. The second-order valence-corrected chi connectivity index (χ2v) is 6.63. The van der Waals surface area contributed by atoms with Gasteiger partial charge in [0.1, 0.15) is 6.04 Å². The molecule has 3 aromatic rings. The first-order chi connectivity index (χ1) is 13.7. The van der Waals surface area contributed by atoms with Crippen LogP contribution in [0.5, 0.6) is 0 Å². The maximum absolute atomic E-state index is 12.9. The Bertz CT molecular complexity index is 941. The molecule has 0 saturated carbocycles. The van der Waals surface area contributed by atoms with Gasteiger partial charge in [-0.1, -0.05) is 0 Å². The highest BCUT2D eigenvalue weighted by Gasteiger charge is 2.32. The van der Waals surface area contributed by atoms with Gasteiger partial charge in [-0.15, -0.1) is 0 Å². The van der Waals surface area contributed by atoms with Gasteiger partial charge in [-0.25, -0.2) is 4.68 Å². The van der Waals surface area contributed by atoms with Gasteiger partial charge < -0.3 is 10.2 Å². The van der Waals surface area contributed by atoms with E-state index in [0.717, 1.165) is 18.5 Å². The lowest BCUT2D eigenvalue weighted by Gasteiger charge is -2.34. The maximum atomic E-state index is 12.9. The van der Waals surface area contributed by atoms with E-state index in [1.807, 2.05) is 36.5 Å². The fourth-order valence-corrected chi connectivity index (χ4v) is 3.37. The predicted octanol–water partition coefficient (Wildman–Crippen LogP) is 2.30. The van der Waals surface area contributed by atoms with Crippen LogP contribution in [0.15, 0.2) is 61.2 Å². The van der Waals surface area contributed by atoms with Gasteiger partial charge in [0.05, 0.1) is 23.6 Å². The molecule has 1 N–H and O–H groups in total. The fraction of sp³-hybridized carbons (Fsp3) is 0.250. The Balaban J connectivity index is 1.47. The van der Waals surface area contributed by atoms with Crippen molar-refractivity contribution >= 4 is 17.5 Å². The number of hydrogen-bond acceptors (Lipinski definition) is 5. The van der Waals surface area contributed by atoms with Crippen LogP contribution in [0.4, 0.5) is 5.69 Å². The molecule has 0 bridgehead atoms. The third-order valence-corrected chi connectivity index (χ3v) is 4.80. The van der Waals surface area contributed by atoms with Crippen LogP contribution in [-0.2, 0) is 4.79 Å². The Morgan fingerprint density at radius 3 is 2.61 bits per heavy atom. The smallest absolute Gasteiger partial charge is 0.256 e. The van der Waals surface area contributed by atoms with E-state index in [0.29, 0.717) is 24.2 Å². The van der Waals surface area contributed by atoms with E-state index >= 15 is 0 Å². The number of hydrogen-bond donors (Lipinski definition) is 1. The SMILES string of the molecule is O=C(Nc1ccc(-n2cccn2)cc1)C1CCCCN1C(=O)c1ccnnc1. The van der Waals surface area contributed by atoms with Crippen LogP contribution in [0.1, 0.15) is 29.6 Å². The number of aromatic nitrogens is 4. The van der Waals surface area contributed by atoms with Crippen molar-refractivity contribution in [2.24, 2.45) is 0 Å². The lowest BCUT2D eigenvalue weighted by molar-refractivity contribution is -0.121. The van der Waals surface area contributed by atoms with E-state index in [1.165, 1.54) is 12.4 Å². The summed E-state index contributed by atoms with van der Waals surface area (Å²) >= 11 is 0. The highest BCUT2D eigenvalue weighted by atomic mass is 16.2. The molecule has 8 nitrogen and oxygen atoms in total. The number of likely N-dealkylation sites (tertiary alicyclic amines) is 1. The van der Waals surface area contributed by atoms with Gasteiger partial charge in [0, 0.05) is 24.6 Å². The summed E-state index contributed by atoms with van der Waals surface area (Å²) in [5.74, 6) is -0.370. The van der Waals surface area contributed by atoms with E-state index in [-0.39, 0.29) is 11.8 Å². The summed E-state index contributed by atoms with van der Waals surface area (Å²) in [6, 6.07) is 10.4. The molecule has 3 heterocycles.